The van der Waals surface area contributed by atoms with Crippen molar-refractivity contribution in [2.24, 2.45) is 0 Å². The fourth-order valence-corrected chi connectivity index (χ4v) is 9.06. The molecule has 0 radical (unpaired) electrons. The van der Waals surface area contributed by atoms with Crippen LogP contribution >= 0.6 is 0 Å². The third-order valence-corrected chi connectivity index (χ3v) is 6.04. The summed E-state index contributed by atoms with van der Waals surface area (Å²) in [5.41, 5.74) is 0. The van der Waals surface area contributed by atoms with Crippen LogP contribution in [0.4, 0.5) is 0 Å². The summed E-state index contributed by atoms with van der Waals surface area (Å²) in [6, 6.07) is 0. The Hall–Kier alpha value is 1.50. The van der Waals surface area contributed by atoms with E-state index in [0.29, 0.717) is 0 Å². The van der Waals surface area contributed by atoms with Crippen molar-refractivity contribution < 1.29 is 32.7 Å². The molecule has 12 heavy (non-hydrogen) atoms. The molecule has 0 aromatic carbocycles. The average molecular weight is 279 g/mol. The van der Waals surface area contributed by atoms with Gasteiger partial charge >= 0.3 is 32.7 Å². The van der Waals surface area contributed by atoms with Gasteiger partial charge in [0.15, 0.2) is 0 Å². The maximum atomic E-state index is 4.82. The van der Waals surface area contributed by atoms with Crippen molar-refractivity contribution in [2.45, 2.75) is 39.3 Å². The molecule has 0 bridgehead atoms. The standard InChI is InChI=1S/C6H18NSi2.2CH3.Y/c1-8(2,3)7-9(4,5)6;;;/h1-6H3;2*1H3;/q3*-1;+3. The van der Waals surface area contributed by atoms with Gasteiger partial charge in [-0.1, -0.05) is 55.8 Å². The van der Waals surface area contributed by atoms with Crippen LogP contribution < -0.4 is 0 Å². The molecule has 0 aromatic rings. The molecule has 0 N–H and O–H groups in total. The molecule has 1 nitrogen and oxygen atoms in total. The summed E-state index contributed by atoms with van der Waals surface area (Å²) in [6.45, 7) is 13.8. The largest absolute Gasteiger partial charge is 3.00 e. The molecular weight excluding hydrogens is 255 g/mol. The van der Waals surface area contributed by atoms with Crippen LogP contribution in [-0.4, -0.2) is 16.5 Å². The van der Waals surface area contributed by atoms with E-state index in [-0.39, 0.29) is 47.6 Å². The molecule has 0 unspecified atom stereocenters. The van der Waals surface area contributed by atoms with E-state index in [1.165, 1.54) is 0 Å². The molecule has 0 aliphatic heterocycles. The summed E-state index contributed by atoms with van der Waals surface area (Å²) in [5.74, 6) is 0. The van der Waals surface area contributed by atoms with Gasteiger partial charge < -0.3 is 19.5 Å². The van der Waals surface area contributed by atoms with Crippen LogP contribution in [0.3, 0.4) is 0 Å². The zero-order valence-electron chi connectivity index (χ0n) is 10.0. The summed E-state index contributed by atoms with van der Waals surface area (Å²) in [4.78, 5) is 0. The zero-order valence-corrected chi connectivity index (χ0v) is 14.9. The van der Waals surface area contributed by atoms with Gasteiger partial charge in [0.2, 0.25) is 0 Å². The Morgan fingerprint density at radius 1 is 0.667 bits per heavy atom. The fourth-order valence-electron chi connectivity index (χ4n) is 1.01. The van der Waals surface area contributed by atoms with Gasteiger partial charge in [-0.3, -0.25) is 0 Å². The third kappa shape index (κ3) is 22.5. The first-order chi connectivity index (χ1) is 3.71. The molecule has 0 saturated heterocycles. The van der Waals surface area contributed by atoms with E-state index in [1.807, 2.05) is 0 Å². The Kier molecular flexibility index (Phi) is 15.3. The smallest absolute Gasteiger partial charge is 0.668 e. The van der Waals surface area contributed by atoms with Crippen molar-refractivity contribution in [2.75, 3.05) is 0 Å². The summed E-state index contributed by atoms with van der Waals surface area (Å²) in [6.07, 6.45) is 0. The maximum Gasteiger partial charge on any atom is 3.00 e. The number of hydrogen-bond acceptors (Lipinski definition) is 0. The van der Waals surface area contributed by atoms with Gasteiger partial charge in [-0.15, -0.1) is 0 Å². The molecule has 72 valence electrons. The summed E-state index contributed by atoms with van der Waals surface area (Å²) in [5, 5.41) is 0. The minimum absolute atomic E-state index is 0. The Morgan fingerprint density at radius 3 is 0.833 bits per heavy atom. The first-order valence-electron chi connectivity index (χ1n) is 3.45. The molecule has 0 aliphatic carbocycles. The first kappa shape index (κ1) is 23.4. The molecule has 0 amide bonds. The molecule has 0 spiro atoms. The molecule has 0 saturated carbocycles. The Balaban J connectivity index is -0.000000107. The van der Waals surface area contributed by atoms with Gasteiger partial charge in [-0.2, -0.15) is 0 Å². The summed E-state index contributed by atoms with van der Waals surface area (Å²) in [7, 11) is -2.21. The quantitative estimate of drug-likeness (QED) is 0.537. The van der Waals surface area contributed by atoms with Crippen molar-refractivity contribution in [3.8, 4) is 0 Å². The average Bonchev–Trinajstić information content (AvgIpc) is 1.14. The molecule has 0 aliphatic rings. The van der Waals surface area contributed by atoms with Crippen LogP contribution in [0.5, 0.6) is 0 Å². The van der Waals surface area contributed by atoms with Crippen molar-refractivity contribution in [1.29, 1.82) is 0 Å². The second-order valence-corrected chi connectivity index (χ2v) is 14.0. The first-order valence-corrected chi connectivity index (χ1v) is 10.3. The van der Waals surface area contributed by atoms with Crippen LogP contribution in [0.25, 0.3) is 4.65 Å². The normalized spacial score (nSPS) is 10.5. The van der Waals surface area contributed by atoms with E-state index < -0.39 is 16.5 Å². The van der Waals surface area contributed by atoms with Gasteiger partial charge in [0, 0.05) is 0 Å². The van der Waals surface area contributed by atoms with Crippen LogP contribution in [0.1, 0.15) is 0 Å². The van der Waals surface area contributed by atoms with E-state index >= 15 is 0 Å². The summed E-state index contributed by atoms with van der Waals surface area (Å²) >= 11 is 0. The van der Waals surface area contributed by atoms with E-state index in [1.54, 1.807) is 0 Å². The molecule has 0 heterocycles. The SMILES string of the molecule is C[Si](C)(C)[N-][Si](C)(C)C.[CH3-].[CH3-].[Y+3]. The molecule has 0 atom stereocenters. The van der Waals surface area contributed by atoms with Crippen LogP contribution in [0.15, 0.2) is 0 Å². The minimum Gasteiger partial charge on any atom is -0.668 e. The van der Waals surface area contributed by atoms with Gasteiger partial charge in [-0.05, 0) is 0 Å². The van der Waals surface area contributed by atoms with E-state index in [4.69, 9.17) is 4.65 Å². The second-order valence-electron chi connectivity index (χ2n) is 4.45. The third-order valence-electron chi connectivity index (χ3n) is 0.671. The van der Waals surface area contributed by atoms with Gasteiger partial charge in [0.25, 0.3) is 0 Å². The molecule has 0 rings (SSSR count). The van der Waals surface area contributed by atoms with Gasteiger partial charge in [0.1, 0.15) is 0 Å². The summed E-state index contributed by atoms with van der Waals surface area (Å²) < 4.78 is 4.82. The van der Waals surface area contributed by atoms with E-state index in [0.717, 1.165) is 0 Å². The molecule has 0 aromatic heterocycles. The van der Waals surface area contributed by atoms with E-state index in [2.05, 4.69) is 39.3 Å². The van der Waals surface area contributed by atoms with Crippen LogP contribution in [0.2, 0.25) is 39.3 Å². The Morgan fingerprint density at radius 2 is 0.833 bits per heavy atom. The number of hydrogen-bond donors (Lipinski definition) is 0. The number of nitrogens with zero attached hydrogens (tertiary/aromatic N) is 1. The second kappa shape index (κ2) is 7.86. The van der Waals surface area contributed by atoms with Gasteiger partial charge in [-0.25, -0.2) is 0 Å². The van der Waals surface area contributed by atoms with Crippen molar-refractivity contribution in [1.82, 2.24) is 0 Å². The molecule has 4 heteroatoms. The monoisotopic (exact) mass is 279 g/mol. The minimum atomic E-state index is -1.11. The Bertz CT molecular complexity index is 82.2. The van der Waals surface area contributed by atoms with Crippen LogP contribution in [-0.2, 0) is 32.7 Å². The maximum absolute atomic E-state index is 4.82. The van der Waals surface area contributed by atoms with Gasteiger partial charge in [0.05, 0.1) is 0 Å². The van der Waals surface area contributed by atoms with Crippen molar-refractivity contribution >= 4 is 16.5 Å². The fraction of sp³-hybridized carbons (Fsp3) is 0.750. The molecular formula is C8H24NSi2Y. The van der Waals surface area contributed by atoms with Crippen molar-refractivity contribution in [3.63, 3.8) is 0 Å². The van der Waals surface area contributed by atoms with E-state index in [9.17, 15) is 0 Å². The van der Waals surface area contributed by atoms with Crippen molar-refractivity contribution in [3.05, 3.63) is 19.5 Å². The molecule has 0 fully saturated rings. The predicted molar refractivity (Wildman–Crippen MR) is 62.9 cm³/mol. The predicted octanol–water partition coefficient (Wildman–Crippen LogP) is 3.93. The zero-order chi connectivity index (χ0) is 7.71. The topological polar surface area (TPSA) is 14.1 Å². The Labute approximate surface area is 107 Å². The number of rotatable bonds is 2. The van der Waals surface area contributed by atoms with Crippen LogP contribution in [0, 0.1) is 14.9 Å².